The van der Waals surface area contributed by atoms with Crippen LogP contribution in [0.15, 0.2) is 72.9 Å². The SMILES string of the molecule is COCCC(C)NC(=O)c1cc(-c2ccccc2)nc2c1cnn2Cc1ccccc1. The molecular formula is C25H26N4O2. The van der Waals surface area contributed by atoms with E-state index in [9.17, 15) is 4.79 Å². The lowest BCUT2D eigenvalue weighted by atomic mass is 10.1. The van der Waals surface area contributed by atoms with Gasteiger partial charge in [-0.1, -0.05) is 60.7 Å². The topological polar surface area (TPSA) is 69.0 Å². The molecule has 0 spiro atoms. The second kappa shape index (κ2) is 9.53. The fourth-order valence-electron chi connectivity index (χ4n) is 3.53. The van der Waals surface area contributed by atoms with Gasteiger partial charge in [-0.25, -0.2) is 9.67 Å². The van der Waals surface area contributed by atoms with Crippen LogP contribution in [0.2, 0.25) is 0 Å². The number of carbonyl (C=O) groups is 1. The molecule has 1 N–H and O–H groups in total. The van der Waals surface area contributed by atoms with Crippen LogP contribution in [0.3, 0.4) is 0 Å². The van der Waals surface area contributed by atoms with Crippen molar-refractivity contribution in [2.24, 2.45) is 0 Å². The lowest BCUT2D eigenvalue weighted by molar-refractivity contribution is 0.0931. The van der Waals surface area contributed by atoms with Gasteiger partial charge >= 0.3 is 0 Å². The number of rotatable bonds is 8. The van der Waals surface area contributed by atoms with Gasteiger partial charge in [0.1, 0.15) is 0 Å². The average molecular weight is 415 g/mol. The zero-order valence-corrected chi connectivity index (χ0v) is 17.8. The van der Waals surface area contributed by atoms with E-state index in [0.29, 0.717) is 24.4 Å². The first-order valence-corrected chi connectivity index (χ1v) is 10.4. The van der Waals surface area contributed by atoms with Gasteiger partial charge in [0.05, 0.1) is 29.4 Å². The highest BCUT2D eigenvalue weighted by atomic mass is 16.5. The molecule has 1 amide bonds. The Labute approximate surface area is 181 Å². The van der Waals surface area contributed by atoms with Gasteiger partial charge in [-0.15, -0.1) is 0 Å². The standard InChI is InChI=1S/C25H26N4O2/c1-18(13-14-31-2)27-25(30)21-15-23(20-11-7-4-8-12-20)28-24-22(21)16-26-29(24)17-19-9-5-3-6-10-19/h3-12,15-16,18H,13-14,17H2,1-2H3,(H,27,30). The van der Waals surface area contributed by atoms with Crippen LogP contribution in [0.25, 0.3) is 22.3 Å². The Bertz CT molecular complexity index is 1160. The largest absolute Gasteiger partial charge is 0.385 e. The van der Waals surface area contributed by atoms with Crippen molar-refractivity contribution in [1.29, 1.82) is 0 Å². The predicted molar refractivity (Wildman–Crippen MR) is 122 cm³/mol. The van der Waals surface area contributed by atoms with Crippen molar-refractivity contribution in [1.82, 2.24) is 20.1 Å². The van der Waals surface area contributed by atoms with E-state index >= 15 is 0 Å². The molecule has 2 heterocycles. The Morgan fingerprint density at radius 3 is 2.52 bits per heavy atom. The highest BCUT2D eigenvalue weighted by Gasteiger charge is 2.19. The molecule has 0 fully saturated rings. The Hall–Kier alpha value is -3.51. The minimum absolute atomic E-state index is 0.00444. The van der Waals surface area contributed by atoms with E-state index in [1.54, 1.807) is 13.3 Å². The van der Waals surface area contributed by atoms with Crippen LogP contribution in [-0.4, -0.2) is 40.4 Å². The van der Waals surface area contributed by atoms with Crippen LogP contribution in [0.5, 0.6) is 0 Å². The van der Waals surface area contributed by atoms with Crippen molar-refractivity contribution in [3.05, 3.63) is 84.1 Å². The number of nitrogens with zero attached hydrogens (tertiary/aromatic N) is 3. The maximum atomic E-state index is 13.2. The van der Waals surface area contributed by atoms with Gasteiger partial charge in [0.2, 0.25) is 0 Å². The smallest absolute Gasteiger partial charge is 0.252 e. The van der Waals surface area contributed by atoms with E-state index in [2.05, 4.69) is 22.5 Å². The van der Waals surface area contributed by atoms with Crippen LogP contribution < -0.4 is 5.32 Å². The number of amides is 1. The molecule has 0 aliphatic carbocycles. The molecule has 2 aromatic carbocycles. The molecule has 6 nitrogen and oxygen atoms in total. The van der Waals surface area contributed by atoms with Gasteiger partial charge < -0.3 is 10.1 Å². The van der Waals surface area contributed by atoms with Gasteiger partial charge in [0, 0.05) is 25.3 Å². The van der Waals surface area contributed by atoms with Gasteiger partial charge in [-0.3, -0.25) is 4.79 Å². The van der Waals surface area contributed by atoms with E-state index in [0.717, 1.165) is 28.6 Å². The number of fused-ring (bicyclic) bond motifs is 1. The van der Waals surface area contributed by atoms with Crippen molar-refractivity contribution in [2.75, 3.05) is 13.7 Å². The van der Waals surface area contributed by atoms with E-state index < -0.39 is 0 Å². The summed E-state index contributed by atoms with van der Waals surface area (Å²) in [6.07, 6.45) is 2.48. The highest BCUT2D eigenvalue weighted by molar-refractivity contribution is 6.06. The number of benzene rings is 2. The predicted octanol–water partition coefficient (Wildman–Crippen LogP) is 4.30. The number of pyridine rings is 1. The van der Waals surface area contributed by atoms with Crippen LogP contribution in [-0.2, 0) is 11.3 Å². The first-order valence-electron chi connectivity index (χ1n) is 10.4. The van der Waals surface area contributed by atoms with Gasteiger partial charge in [0.25, 0.3) is 5.91 Å². The third-order valence-corrected chi connectivity index (χ3v) is 5.23. The second-order valence-corrected chi connectivity index (χ2v) is 7.60. The molecule has 0 saturated carbocycles. The number of hydrogen-bond donors (Lipinski definition) is 1. The quantitative estimate of drug-likeness (QED) is 0.467. The fourth-order valence-corrected chi connectivity index (χ4v) is 3.53. The van der Waals surface area contributed by atoms with Gasteiger partial charge in [0.15, 0.2) is 5.65 Å². The average Bonchev–Trinajstić information content (AvgIpc) is 3.21. The van der Waals surface area contributed by atoms with E-state index in [-0.39, 0.29) is 11.9 Å². The molecular weight excluding hydrogens is 388 g/mol. The molecule has 158 valence electrons. The molecule has 6 heteroatoms. The molecule has 0 aliphatic rings. The monoisotopic (exact) mass is 414 g/mol. The summed E-state index contributed by atoms with van der Waals surface area (Å²) in [5.74, 6) is -0.132. The number of ether oxygens (including phenoxy) is 1. The van der Waals surface area contributed by atoms with E-state index in [1.165, 1.54) is 0 Å². The Kier molecular flexibility index (Phi) is 6.38. The number of hydrogen-bond acceptors (Lipinski definition) is 4. The van der Waals surface area contributed by atoms with Crippen LogP contribution in [0.1, 0.15) is 29.3 Å². The zero-order chi connectivity index (χ0) is 21.6. The first kappa shape index (κ1) is 20.8. The van der Waals surface area contributed by atoms with Crippen LogP contribution in [0.4, 0.5) is 0 Å². The van der Waals surface area contributed by atoms with Crippen molar-refractivity contribution < 1.29 is 9.53 Å². The molecule has 31 heavy (non-hydrogen) atoms. The number of aromatic nitrogens is 3. The molecule has 0 radical (unpaired) electrons. The summed E-state index contributed by atoms with van der Waals surface area (Å²) in [4.78, 5) is 18.0. The maximum absolute atomic E-state index is 13.2. The van der Waals surface area contributed by atoms with Crippen molar-refractivity contribution >= 4 is 16.9 Å². The summed E-state index contributed by atoms with van der Waals surface area (Å²) in [6, 6.07) is 21.8. The van der Waals surface area contributed by atoms with Crippen LogP contribution >= 0.6 is 0 Å². The normalized spacial score (nSPS) is 12.1. The van der Waals surface area contributed by atoms with E-state index in [1.807, 2.05) is 66.2 Å². The molecule has 2 aromatic heterocycles. The minimum atomic E-state index is -0.132. The summed E-state index contributed by atoms with van der Waals surface area (Å²) in [5.41, 5.74) is 4.10. The van der Waals surface area contributed by atoms with Crippen molar-refractivity contribution in [3.8, 4) is 11.3 Å². The van der Waals surface area contributed by atoms with Crippen molar-refractivity contribution in [3.63, 3.8) is 0 Å². The molecule has 1 unspecified atom stereocenters. The second-order valence-electron chi connectivity index (χ2n) is 7.60. The first-order chi connectivity index (χ1) is 15.2. The fraction of sp³-hybridized carbons (Fsp3) is 0.240. The van der Waals surface area contributed by atoms with E-state index in [4.69, 9.17) is 9.72 Å². The summed E-state index contributed by atoms with van der Waals surface area (Å²) < 4.78 is 6.98. The zero-order valence-electron chi connectivity index (χ0n) is 17.8. The molecule has 4 rings (SSSR count). The highest BCUT2D eigenvalue weighted by Crippen LogP contribution is 2.25. The lowest BCUT2D eigenvalue weighted by Crippen LogP contribution is -2.33. The van der Waals surface area contributed by atoms with Crippen molar-refractivity contribution in [2.45, 2.75) is 25.9 Å². The maximum Gasteiger partial charge on any atom is 0.252 e. The number of nitrogens with one attached hydrogen (secondary N) is 1. The summed E-state index contributed by atoms with van der Waals surface area (Å²) in [7, 11) is 1.66. The summed E-state index contributed by atoms with van der Waals surface area (Å²) in [6.45, 7) is 3.16. The Morgan fingerprint density at radius 1 is 1.10 bits per heavy atom. The molecule has 4 aromatic rings. The molecule has 1 atom stereocenters. The number of methoxy groups -OCH3 is 1. The Morgan fingerprint density at radius 2 is 1.81 bits per heavy atom. The minimum Gasteiger partial charge on any atom is -0.385 e. The third-order valence-electron chi connectivity index (χ3n) is 5.23. The van der Waals surface area contributed by atoms with Gasteiger partial charge in [-0.05, 0) is 25.0 Å². The molecule has 0 saturated heterocycles. The number of carbonyl (C=O) groups excluding carboxylic acids is 1. The third kappa shape index (κ3) is 4.81. The Balaban J connectivity index is 1.76. The van der Waals surface area contributed by atoms with Gasteiger partial charge in [-0.2, -0.15) is 5.10 Å². The molecule has 0 bridgehead atoms. The lowest BCUT2D eigenvalue weighted by Gasteiger charge is -2.14. The molecule has 0 aliphatic heterocycles. The van der Waals surface area contributed by atoms with Crippen LogP contribution in [0, 0.1) is 0 Å². The summed E-state index contributed by atoms with van der Waals surface area (Å²) in [5, 5.41) is 8.37. The summed E-state index contributed by atoms with van der Waals surface area (Å²) >= 11 is 0.